The minimum absolute atomic E-state index is 0.537. The largest absolute Gasteiger partial charge is 0.271 e. The van der Waals surface area contributed by atoms with E-state index in [-0.39, 0.29) is 0 Å². The van der Waals surface area contributed by atoms with E-state index in [4.69, 9.17) is 5.84 Å². The number of nitrogens with one attached hydrogen (secondary N) is 1. The van der Waals surface area contributed by atoms with Gasteiger partial charge in [0.25, 0.3) is 0 Å². The fourth-order valence-corrected chi connectivity index (χ4v) is 2.54. The van der Waals surface area contributed by atoms with Crippen LogP contribution < -0.4 is 11.3 Å². The first kappa shape index (κ1) is 11.0. The van der Waals surface area contributed by atoms with Gasteiger partial charge in [0.2, 0.25) is 0 Å². The van der Waals surface area contributed by atoms with Crippen LogP contribution >= 0.6 is 0 Å². The summed E-state index contributed by atoms with van der Waals surface area (Å²) in [6.07, 6.45) is 5.24. The highest BCUT2D eigenvalue weighted by molar-refractivity contribution is 4.81. The van der Waals surface area contributed by atoms with E-state index in [0.717, 1.165) is 24.2 Å². The van der Waals surface area contributed by atoms with Crippen LogP contribution in [0.25, 0.3) is 0 Å². The number of nitrogens with two attached hydrogens (primary N) is 1. The van der Waals surface area contributed by atoms with Crippen LogP contribution in [0.3, 0.4) is 0 Å². The average molecular weight is 184 g/mol. The molecule has 0 amide bonds. The highest BCUT2D eigenvalue weighted by atomic mass is 15.2. The molecule has 0 aromatic carbocycles. The van der Waals surface area contributed by atoms with Gasteiger partial charge >= 0.3 is 0 Å². The van der Waals surface area contributed by atoms with Crippen LogP contribution in [0.2, 0.25) is 0 Å². The van der Waals surface area contributed by atoms with E-state index in [1.54, 1.807) is 0 Å². The van der Waals surface area contributed by atoms with Gasteiger partial charge in [-0.3, -0.25) is 11.3 Å². The lowest BCUT2D eigenvalue weighted by molar-refractivity contribution is 0.168. The van der Waals surface area contributed by atoms with Gasteiger partial charge in [-0.15, -0.1) is 0 Å². The molecule has 0 aromatic rings. The Bertz CT molecular complexity index is 143. The van der Waals surface area contributed by atoms with E-state index >= 15 is 0 Å². The van der Waals surface area contributed by atoms with Crippen molar-refractivity contribution in [2.45, 2.75) is 52.5 Å². The van der Waals surface area contributed by atoms with Crippen molar-refractivity contribution in [3.8, 4) is 0 Å². The van der Waals surface area contributed by atoms with Crippen LogP contribution in [0.1, 0.15) is 46.5 Å². The Morgan fingerprint density at radius 2 is 2.00 bits per heavy atom. The van der Waals surface area contributed by atoms with Crippen molar-refractivity contribution in [1.82, 2.24) is 5.43 Å². The molecular formula is C11H24N2. The lowest BCUT2D eigenvalue weighted by Crippen LogP contribution is -2.42. The molecule has 3 N–H and O–H groups in total. The molecule has 1 fully saturated rings. The summed E-state index contributed by atoms with van der Waals surface area (Å²) >= 11 is 0. The summed E-state index contributed by atoms with van der Waals surface area (Å²) < 4.78 is 0. The van der Waals surface area contributed by atoms with Crippen molar-refractivity contribution < 1.29 is 0 Å². The molecule has 2 nitrogen and oxygen atoms in total. The summed E-state index contributed by atoms with van der Waals surface area (Å²) in [5, 5.41) is 0. The monoisotopic (exact) mass is 184 g/mol. The van der Waals surface area contributed by atoms with Crippen molar-refractivity contribution >= 4 is 0 Å². The smallest absolute Gasteiger partial charge is 0.0236 e. The van der Waals surface area contributed by atoms with Gasteiger partial charge < -0.3 is 0 Å². The predicted molar refractivity (Wildman–Crippen MR) is 57.1 cm³/mol. The maximum Gasteiger partial charge on any atom is 0.0236 e. The third kappa shape index (κ3) is 2.68. The van der Waals surface area contributed by atoms with Crippen molar-refractivity contribution in [3.05, 3.63) is 0 Å². The first-order valence-corrected chi connectivity index (χ1v) is 5.65. The second-order valence-corrected chi connectivity index (χ2v) is 4.71. The van der Waals surface area contributed by atoms with Crippen LogP contribution in [-0.2, 0) is 0 Å². The molecule has 0 bridgehead atoms. The third-order valence-electron chi connectivity index (χ3n) is 3.86. The van der Waals surface area contributed by atoms with Crippen molar-refractivity contribution in [3.63, 3.8) is 0 Å². The molecule has 1 rings (SSSR count). The number of rotatable bonds is 3. The Labute approximate surface area is 82.2 Å². The molecule has 78 valence electrons. The van der Waals surface area contributed by atoms with Gasteiger partial charge in [0.05, 0.1) is 0 Å². The van der Waals surface area contributed by atoms with E-state index in [2.05, 4.69) is 26.2 Å². The normalized spacial score (nSPS) is 37.4. The van der Waals surface area contributed by atoms with Gasteiger partial charge in [-0.05, 0) is 37.0 Å². The summed E-state index contributed by atoms with van der Waals surface area (Å²) in [5.41, 5.74) is 2.96. The molecule has 2 heteroatoms. The maximum atomic E-state index is 5.54. The Morgan fingerprint density at radius 3 is 2.46 bits per heavy atom. The topological polar surface area (TPSA) is 38.0 Å². The third-order valence-corrected chi connectivity index (χ3v) is 3.86. The zero-order valence-electron chi connectivity index (χ0n) is 9.22. The molecule has 0 heterocycles. The van der Waals surface area contributed by atoms with Crippen molar-refractivity contribution in [1.29, 1.82) is 0 Å². The minimum atomic E-state index is 0.537. The molecule has 4 unspecified atom stereocenters. The lowest BCUT2D eigenvalue weighted by atomic mass is 9.73. The molecule has 0 saturated heterocycles. The van der Waals surface area contributed by atoms with E-state index < -0.39 is 0 Å². The minimum Gasteiger partial charge on any atom is -0.271 e. The summed E-state index contributed by atoms with van der Waals surface area (Å²) in [6.45, 7) is 6.96. The lowest BCUT2D eigenvalue weighted by Gasteiger charge is -2.36. The molecule has 0 aliphatic heterocycles. The summed E-state index contributed by atoms with van der Waals surface area (Å²) in [6, 6.07) is 0.537. The molecule has 0 spiro atoms. The van der Waals surface area contributed by atoms with Crippen molar-refractivity contribution in [2.24, 2.45) is 23.6 Å². The summed E-state index contributed by atoms with van der Waals surface area (Å²) in [5.74, 6) is 8.14. The Kier molecular flexibility index (Phi) is 4.20. The van der Waals surface area contributed by atoms with Crippen LogP contribution in [0.15, 0.2) is 0 Å². The van der Waals surface area contributed by atoms with E-state index in [9.17, 15) is 0 Å². The van der Waals surface area contributed by atoms with Gasteiger partial charge in [0.15, 0.2) is 0 Å². The van der Waals surface area contributed by atoms with Crippen molar-refractivity contribution in [2.75, 3.05) is 0 Å². The molecule has 4 atom stereocenters. The zero-order valence-corrected chi connectivity index (χ0v) is 9.22. The Hall–Kier alpha value is -0.0800. The molecule has 0 radical (unpaired) electrons. The highest BCUT2D eigenvalue weighted by Gasteiger charge is 2.28. The van der Waals surface area contributed by atoms with E-state index in [1.165, 1.54) is 19.3 Å². The molecule has 0 aromatic heterocycles. The van der Waals surface area contributed by atoms with E-state index in [0.29, 0.717) is 6.04 Å². The van der Waals surface area contributed by atoms with Gasteiger partial charge in [-0.2, -0.15) is 0 Å². The number of hydrogen-bond acceptors (Lipinski definition) is 2. The van der Waals surface area contributed by atoms with Crippen LogP contribution in [0.4, 0.5) is 0 Å². The molecule has 1 aliphatic rings. The molecule has 1 aliphatic carbocycles. The summed E-state index contributed by atoms with van der Waals surface area (Å²) in [7, 11) is 0. The van der Waals surface area contributed by atoms with Gasteiger partial charge in [0.1, 0.15) is 0 Å². The fourth-order valence-electron chi connectivity index (χ4n) is 2.54. The van der Waals surface area contributed by atoms with Gasteiger partial charge in [-0.25, -0.2) is 0 Å². The van der Waals surface area contributed by atoms with Crippen LogP contribution in [0, 0.1) is 17.8 Å². The highest BCUT2D eigenvalue weighted by Crippen LogP contribution is 2.35. The number of hydrogen-bond donors (Lipinski definition) is 2. The Morgan fingerprint density at radius 1 is 1.31 bits per heavy atom. The second-order valence-electron chi connectivity index (χ2n) is 4.71. The maximum absolute atomic E-state index is 5.54. The average Bonchev–Trinajstić information content (AvgIpc) is 2.13. The zero-order chi connectivity index (χ0) is 9.84. The van der Waals surface area contributed by atoms with Gasteiger partial charge in [0, 0.05) is 6.04 Å². The first-order chi connectivity index (χ1) is 6.19. The molecule has 13 heavy (non-hydrogen) atoms. The fraction of sp³-hybridized carbons (Fsp3) is 1.00. The number of hydrazine groups is 1. The van der Waals surface area contributed by atoms with Crippen LogP contribution in [0.5, 0.6) is 0 Å². The first-order valence-electron chi connectivity index (χ1n) is 5.65. The molecular weight excluding hydrogens is 160 g/mol. The SMILES string of the molecule is CCC(NN)C1CCC(C)C(C)C1. The quantitative estimate of drug-likeness (QED) is 0.522. The summed E-state index contributed by atoms with van der Waals surface area (Å²) in [4.78, 5) is 0. The Balaban J connectivity index is 2.44. The predicted octanol–water partition coefficient (Wildman–Crippen LogP) is 2.30. The van der Waals surface area contributed by atoms with Gasteiger partial charge in [-0.1, -0.05) is 27.2 Å². The standard InChI is InChI=1S/C11H24N2/c1-4-11(13-12)10-6-5-8(2)9(3)7-10/h8-11,13H,4-7,12H2,1-3H3. The molecule has 1 saturated carbocycles. The van der Waals surface area contributed by atoms with Crippen LogP contribution in [-0.4, -0.2) is 6.04 Å². The van der Waals surface area contributed by atoms with E-state index in [1.807, 2.05) is 0 Å². The second kappa shape index (κ2) is 4.97.